The van der Waals surface area contributed by atoms with Crippen molar-refractivity contribution in [3.05, 3.63) is 70.5 Å². The van der Waals surface area contributed by atoms with Gasteiger partial charge in [0.25, 0.3) is 0 Å². The van der Waals surface area contributed by atoms with E-state index in [-0.39, 0.29) is 5.75 Å². The minimum atomic E-state index is -4.35. The lowest BCUT2D eigenvalue weighted by molar-refractivity contribution is -0.153. The topological polar surface area (TPSA) is 58.5 Å². The van der Waals surface area contributed by atoms with E-state index in [4.69, 9.17) is 4.74 Å². The maximum Gasteiger partial charge on any atom is 0.422 e. The molecule has 1 aromatic heterocycles. The number of thiazole rings is 1. The van der Waals surface area contributed by atoms with Crippen LogP contribution in [0.1, 0.15) is 10.6 Å². The third-order valence-corrected chi connectivity index (χ3v) is 4.89. The highest BCUT2D eigenvalue weighted by Crippen LogP contribution is 2.21. The molecule has 2 N–H and O–H groups in total. The highest BCUT2D eigenvalue weighted by atomic mass is 32.1. The fourth-order valence-electron chi connectivity index (χ4n) is 2.57. The number of hydrogen-bond acceptors (Lipinski definition) is 4. The molecule has 0 amide bonds. The number of rotatable bonds is 7. The SMILES string of the molecule is CN=C(NCc1ccc(OCC(F)(F)F)cc1)NCc1nc(-c2ccccc2)cs1. The number of alkyl halides is 3. The first-order chi connectivity index (χ1) is 14.4. The molecule has 2 aromatic carbocycles. The van der Waals surface area contributed by atoms with Crippen LogP contribution in [0.3, 0.4) is 0 Å². The Bertz CT molecular complexity index is 956. The van der Waals surface area contributed by atoms with Crippen molar-refractivity contribution in [2.45, 2.75) is 19.3 Å². The molecule has 0 radical (unpaired) electrons. The highest BCUT2D eigenvalue weighted by molar-refractivity contribution is 7.09. The average Bonchev–Trinajstić information content (AvgIpc) is 3.22. The van der Waals surface area contributed by atoms with Gasteiger partial charge in [-0.1, -0.05) is 42.5 Å². The van der Waals surface area contributed by atoms with Crippen LogP contribution in [0.2, 0.25) is 0 Å². The second-order valence-corrected chi connectivity index (χ2v) is 7.26. The summed E-state index contributed by atoms with van der Waals surface area (Å²) in [4.78, 5) is 8.81. The van der Waals surface area contributed by atoms with E-state index in [1.165, 1.54) is 12.1 Å². The summed E-state index contributed by atoms with van der Waals surface area (Å²) in [5, 5.41) is 9.32. The predicted octanol–water partition coefficient (Wildman–Crippen LogP) is 4.62. The van der Waals surface area contributed by atoms with Crippen LogP contribution in [-0.2, 0) is 13.1 Å². The molecule has 0 fully saturated rings. The molecule has 3 rings (SSSR count). The first-order valence-electron chi connectivity index (χ1n) is 9.16. The summed E-state index contributed by atoms with van der Waals surface area (Å²) in [5.41, 5.74) is 2.90. The molecule has 1 heterocycles. The van der Waals surface area contributed by atoms with E-state index < -0.39 is 12.8 Å². The number of guanidine groups is 1. The minimum absolute atomic E-state index is 0.177. The molecule has 0 unspecified atom stereocenters. The Kier molecular flexibility index (Phi) is 7.29. The first kappa shape index (κ1) is 21.6. The zero-order chi connectivity index (χ0) is 21.4. The zero-order valence-corrected chi connectivity index (χ0v) is 17.1. The van der Waals surface area contributed by atoms with Crippen molar-refractivity contribution in [1.29, 1.82) is 0 Å². The molecular formula is C21H21F3N4OS. The fourth-order valence-corrected chi connectivity index (χ4v) is 3.31. The molecule has 158 valence electrons. The minimum Gasteiger partial charge on any atom is -0.484 e. The Balaban J connectivity index is 1.47. The van der Waals surface area contributed by atoms with Gasteiger partial charge < -0.3 is 15.4 Å². The zero-order valence-electron chi connectivity index (χ0n) is 16.2. The van der Waals surface area contributed by atoms with Crippen molar-refractivity contribution in [1.82, 2.24) is 15.6 Å². The van der Waals surface area contributed by atoms with Gasteiger partial charge in [0.1, 0.15) is 10.8 Å². The number of halogens is 3. The van der Waals surface area contributed by atoms with E-state index in [1.807, 2.05) is 35.7 Å². The maximum absolute atomic E-state index is 12.2. The van der Waals surface area contributed by atoms with Crippen molar-refractivity contribution in [2.75, 3.05) is 13.7 Å². The Labute approximate surface area is 176 Å². The molecule has 0 atom stereocenters. The summed E-state index contributed by atoms with van der Waals surface area (Å²) in [7, 11) is 1.67. The van der Waals surface area contributed by atoms with Gasteiger partial charge in [-0.15, -0.1) is 11.3 Å². The van der Waals surface area contributed by atoms with E-state index in [0.29, 0.717) is 19.0 Å². The molecule has 30 heavy (non-hydrogen) atoms. The summed E-state index contributed by atoms with van der Waals surface area (Å²) in [6, 6.07) is 16.4. The van der Waals surface area contributed by atoms with Gasteiger partial charge in [-0.2, -0.15) is 13.2 Å². The molecule has 3 aromatic rings. The van der Waals surface area contributed by atoms with Crippen molar-refractivity contribution < 1.29 is 17.9 Å². The highest BCUT2D eigenvalue weighted by Gasteiger charge is 2.28. The summed E-state index contributed by atoms with van der Waals surface area (Å²) in [5.74, 6) is 0.778. The second-order valence-electron chi connectivity index (χ2n) is 6.32. The number of benzene rings is 2. The quantitative estimate of drug-likeness (QED) is 0.421. The number of aliphatic imine (C=N–C) groups is 1. The number of hydrogen-bond donors (Lipinski definition) is 2. The van der Waals surface area contributed by atoms with Crippen molar-refractivity contribution >= 4 is 17.3 Å². The molecule has 0 bridgehead atoms. The molecule has 0 aliphatic rings. The van der Waals surface area contributed by atoms with Crippen LogP contribution >= 0.6 is 11.3 Å². The number of nitrogens with one attached hydrogen (secondary N) is 2. The largest absolute Gasteiger partial charge is 0.484 e. The number of ether oxygens (including phenoxy) is 1. The van der Waals surface area contributed by atoms with Crippen LogP contribution in [0.25, 0.3) is 11.3 Å². The normalized spacial score (nSPS) is 11.9. The second kappa shape index (κ2) is 10.1. The van der Waals surface area contributed by atoms with Crippen molar-refractivity contribution in [3.8, 4) is 17.0 Å². The Morgan fingerprint density at radius 2 is 1.73 bits per heavy atom. The molecule has 0 saturated carbocycles. The lowest BCUT2D eigenvalue weighted by Gasteiger charge is -2.12. The molecule has 0 saturated heterocycles. The van der Waals surface area contributed by atoms with E-state index >= 15 is 0 Å². The van der Waals surface area contributed by atoms with Crippen LogP contribution in [0.5, 0.6) is 5.75 Å². The van der Waals surface area contributed by atoms with Crippen LogP contribution in [0, 0.1) is 0 Å². The predicted molar refractivity (Wildman–Crippen MR) is 113 cm³/mol. The third-order valence-electron chi connectivity index (χ3n) is 4.04. The fraction of sp³-hybridized carbons (Fsp3) is 0.238. The lowest BCUT2D eigenvalue weighted by Crippen LogP contribution is -2.36. The maximum atomic E-state index is 12.2. The lowest BCUT2D eigenvalue weighted by atomic mass is 10.2. The van der Waals surface area contributed by atoms with Gasteiger partial charge >= 0.3 is 6.18 Å². The Hall–Kier alpha value is -3.07. The molecule has 0 aliphatic carbocycles. The van der Waals surface area contributed by atoms with E-state index in [2.05, 4.69) is 20.6 Å². The molecular weight excluding hydrogens is 413 g/mol. The van der Waals surface area contributed by atoms with Crippen LogP contribution < -0.4 is 15.4 Å². The summed E-state index contributed by atoms with van der Waals surface area (Å²) < 4.78 is 41.3. The Morgan fingerprint density at radius 1 is 1.03 bits per heavy atom. The van der Waals surface area contributed by atoms with Gasteiger partial charge in [-0.3, -0.25) is 4.99 Å². The van der Waals surface area contributed by atoms with Crippen LogP contribution in [-0.4, -0.2) is 30.8 Å². The van der Waals surface area contributed by atoms with Crippen molar-refractivity contribution in [2.24, 2.45) is 4.99 Å². The number of nitrogens with zero attached hydrogens (tertiary/aromatic N) is 2. The summed E-state index contributed by atoms with van der Waals surface area (Å²) in [6.07, 6.45) is -4.35. The van der Waals surface area contributed by atoms with Gasteiger partial charge in [-0.25, -0.2) is 4.98 Å². The summed E-state index contributed by atoms with van der Waals surface area (Å²) in [6.45, 7) is -0.308. The molecule has 0 aliphatic heterocycles. The van der Waals surface area contributed by atoms with Gasteiger partial charge in [0.15, 0.2) is 12.6 Å². The van der Waals surface area contributed by atoms with Gasteiger partial charge in [-0.05, 0) is 17.7 Å². The van der Waals surface area contributed by atoms with E-state index in [9.17, 15) is 13.2 Å². The van der Waals surface area contributed by atoms with E-state index in [0.717, 1.165) is 21.8 Å². The monoisotopic (exact) mass is 434 g/mol. The smallest absolute Gasteiger partial charge is 0.422 e. The van der Waals surface area contributed by atoms with Gasteiger partial charge in [0, 0.05) is 24.5 Å². The van der Waals surface area contributed by atoms with Crippen LogP contribution in [0.4, 0.5) is 13.2 Å². The first-order valence-corrected chi connectivity index (χ1v) is 10.0. The molecule has 5 nitrogen and oxygen atoms in total. The average molecular weight is 434 g/mol. The van der Waals surface area contributed by atoms with Gasteiger partial charge in [0.2, 0.25) is 0 Å². The standard InChI is InChI=1S/C21H21F3N4OS/c1-25-20(26-11-15-7-9-17(10-8-15)29-14-21(22,23)24)27-12-19-28-18(13-30-19)16-5-3-2-4-6-16/h2-10,13H,11-12,14H2,1H3,(H2,25,26,27). The molecule has 0 spiro atoms. The Morgan fingerprint density at radius 3 is 2.40 bits per heavy atom. The number of aromatic nitrogens is 1. The van der Waals surface area contributed by atoms with E-state index in [1.54, 1.807) is 30.5 Å². The van der Waals surface area contributed by atoms with Crippen LogP contribution in [0.15, 0.2) is 65.0 Å². The summed E-state index contributed by atoms with van der Waals surface area (Å²) >= 11 is 1.57. The van der Waals surface area contributed by atoms with Crippen molar-refractivity contribution in [3.63, 3.8) is 0 Å². The van der Waals surface area contributed by atoms with Gasteiger partial charge in [0.05, 0.1) is 12.2 Å². The third kappa shape index (κ3) is 6.77. The molecule has 9 heteroatoms.